The zero-order chi connectivity index (χ0) is 11.8. The molecule has 0 bridgehead atoms. The number of benzene rings is 1. The van der Waals surface area contributed by atoms with Crippen molar-refractivity contribution >= 4 is 17.6 Å². The van der Waals surface area contributed by atoms with Gasteiger partial charge in [-0.3, -0.25) is 4.79 Å². The van der Waals surface area contributed by atoms with Crippen LogP contribution in [0.5, 0.6) is 0 Å². The summed E-state index contributed by atoms with van der Waals surface area (Å²) in [7, 11) is 0. The smallest absolute Gasteiger partial charge is 0.198 e. The van der Waals surface area contributed by atoms with Gasteiger partial charge in [0.05, 0.1) is 0 Å². The second kappa shape index (κ2) is 6.51. The molecule has 0 radical (unpaired) electrons. The van der Waals surface area contributed by atoms with E-state index in [2.05, 4.69) is 11.6 Å². The van der Waals surface area contributed by atoms with Crippen LogP contribution >= 0.6 is 0 Å². The van der Waals surface area contributed by atoms with E-state index in [4.69, 9.17) is 0 Å². The Morgan fingerprint density at radius 1 is 1.38 bits per heavy atom. The van der Waals surface area contributed by atoms with E-state index in [0.717, 1.165) is 11.1 Å². The molecule has 0 aromatic heterocycles. The van der Waals surface area contributed by atoms with Crippen molar-refractivity contribution in [3.8, 4) is 0 Å². The van der Waals surface area contributed by atoms with Gasteiger partial charge in [0, 0.05) is 12.5 Å². The van der Waals surface area contributed by atoms with Crippen molar-refractivity contribution in [1.82, 2.24) is 0 Å². The SMILES string of the molecule is C=C/C=C(\C=[NH+]CC(C)=O)c1ccccc1. The Hall–Kier alpha value is -1.96. The lowest BCUT2D eigenvalue weighted by Gasteiger charge is -1.97. The van der Waals surface area contributed by atoms with Crippen LogP contribution in [0.4, 0.5) is 0 Å². The highest BCUT2D eigenvalue weighted by molar-refractivity contribution is 6.07. The summed E-state index contributed by atoms with van der Waals surface area (Å²) in [5.41, 5.74) is 2.11. The molecule has 82 valence electrons. The maximum absolute atomic E-state index is 10.8. The van der Waals surface area contributed by atoms with Gasteiger partial charge in [0.2, 0.25) is 0 Å². The Morgan fingerprint density at radius 2 is 2.06 bits per heavy atom. The van der Waals surface area contributed by atoms with Gasteiger partial charge in [0.25, 0.3) is 0 Å². The van der Waals surface area contributed by atoms with Gasteiger partial charge in [0.1, 0.15) is 0 Å². The molecule has 0 saturated heterocycles. The average molecular weight is 214 g/mol. The summed E-state index contributed by atoms with van der Waals surface area (Å²) in [6, 6.07) is 9.96. The van der Waals surface area contributed by atoms with E-state index in [1.807, 2.05) is 42.6 Å². The first-order valence-electron chi connectivity index (χ1n) is 5.18. The lowest BCUT2D eigenvalue weighted by atomic mass is 10.1. The van der Waals surface area contributed by atoms with Gasteiger partial charge in [-0.05, 0) is 11.6 Å². The second-order valence-corrected chi connectivity index (χ2v) is 3.45. The molecule has 1 N–H and O–H groups in total. The molecule has 0 aliphatic carbocycles. The van der Waals surface area contributed by atoms with Gasteiger partial charge in [-0.1, -0.05) is 43.0 Å². The molecular weight excluding hydrogens is 198 g/mol. The number of hydrogen-bond donors (Lipinski definition) is 1. The monoisotopic (exact) mass is 214 g/mol. The van der Waals surface area contributed by atoms with E-state index >= 15 is 0 Å². The third-order valence-corrected chi connectivity index (χ3v) is 2.01. The third-order valence-electron chi connectivity index (χ3n) is 2.01. The van der Waals surface area contributed by atoms with Gasteiger partial charge < -0.3 is 0 Å². The minimum Gasteiger partial charge on any atom is -0.293 e. The average Bonchev–Trinajstić information content (AvgIpc) is 2.29. The van der Waals surface area contributed by atoms with Crippen LogP contribution in [0.3, 0.4) is 0 Å². The van der Waals surface area contributed by atoms with E-state index < -0.39 is 0 Å². The molecule has 0 aliphatic rings. The van der Waals surface area contributed by atoms with E-state index in [-0.39, 0.29) is 5.78 Å². The molecule has 2 heteroatoms. The summed E-state index contributed by atoms with van der Waals surface area (Å²) in [6.45, 7) is 5.58. The predicted octanol–water partition coefficient (Wildman–Crippen LogP) is 0.996. The molecule has 16 heavy (non-hydrogen) atoms. The summed E-state index contributed by atoms with van der Waals surface area (Å²) in [5.74, 6) is 0.113. The van der Waals surface area contributed by atoms with Crippen molar-refractivity contribution in [3.05, 3.63) is 54.6 Å². The van der Waals surface area contributed by atoms with Crippen molar-refractivity contribution in [2.45, 2.75) is 6.92 Å². The first-order chi connectivity index (χ1) is 7.74. The normalized spacial score (nSPS) is 11.7. The van der Waals surface area contributed by atoms with Crippen molar-refractivity contribution < 1.29 is 9.79 Å². The first-order valence-corrected chi connectivity index (χ1v) is 5.18. The zero-order valence-electron chi connectivity index (χ0n) is 9.44. The fraction of sp³-hybridized carbons (Fsp3) is 0.143. The van der Waals surface area contributed by atoms with Crippen LogP contribution in [-0.4, -0.2) is 18.5 Å². The van der Waals surface area contributed by atoms with Crippen molar-refractivity contribution in [2.24, 2.45) is 0 Å². The van der Waals surface area contributed by atoms with Crippen LogP contribution in [0.25, 0.3) is 5.57 Å². The number of carbonyl (C=O) groups excluding carboxylic acids is 1. The Kier molecular flexibility index (Phi) is 4.93. The molecular formula is C14H16NO+. The van der Waals surface area contributed by atoms with Crippen molar-refractivity contribution in [2.75, 3.05) is 6.54 Å². The first kappa shape index (κ1) is 12.1. The lowest BCUT2D eigenvalue weighted by molar-refractivity contribution is -0.436. The van der Waals surface area contributed by atoms with E-state index in [9.17, 15) is 4.79 Å². The molecule has 0 saturated carbocycles. The number of allylic oxidation sites excluding steroid dienone is 3. The largest absolute Gasteiger partial charge is 0.293 e. The molecule has 0 spiro atoms. The van der Waals surface area contributed by atoms with Crippen LogP contribution in [0.15, 0.2) is 49.1 Å². The maximum atomic E-state index is 10.8. The van der Waals surface area contributed by atoms with Crippen molar-refractivity contribution in [1.29, 1.82) is 0 Å². The Labute approximate surface area is 96.0 Å². The van der Waals surface area contributed by atoms with Gasteiger partial charge in [-0.2, -0.15) is 0 Å². The highest BCUT2D eigenvalue weighted by Crippen LogP contribution is 2.10. The van der Waals surface area contributed by atoms with Crippen LogP contribution in [0, 0.1) is 0 Å². The lowest BCUT2D eigenvalue weighted by Crippen LogP contribution is -2.71. The summed E-state index contributed by atoms with van der Waals surface area (Å²) in [4.78, 5) is 13.8. The number of rotatable bonds is 5. The van der Waals surface area contributed by atoms with E-state index in [1.165, 1.54) is 0 Å². The number of carbonyl (C=O) groups is 1. The summed E-state index contributed by atoms with van der Waals surface area (Å²) < 4.78 is 0. The van der Waals surface area contributed by atoms with Gasteiger partial charge in [0.15, 0.2) is 18.5 Å². The second-order valence-electron chi connectivity index (χ2n) is 3.45. The molecule has 0 unspecified atom stereocenters. The standard InChI is InChI=1S/C14H15NO/c1-3-7-14(11-15-10-12(2)16)13-8-5-4-6-9-13/h3-9,11H,1,10H2,2H3/p+1/b14-7+,15-11?. The molecule has 1 aromatic rings. The third kappa shape index (κ3) is 4.05. The molecule has 0 atom stereocenters. The Balaban J connectivity index is 2.85. The fourth-order valence-corrected chi connectivity index (χ4v) is 1.29. The van der Waals surface area contributed by atoms with E-state index in [0.29, 0.717) is 6.54 Å². The molecule has 1 aromatic carbocycles. The minimum absolute atomic E-state index is 0.113. The Bertz CT molecular complexity index is 416. The molecule has 0 amide bonds. The van der Waals surface area contributed by atoms with Crippen molar-refractivity contribution in [3.63, 3.8) is 0 Å². The Morgan fingerprint density at radius 3 is 2.62 bits per heavy atom. The number of nitrogens with one attached hydrogen (secondary N) is 1. The molecule has 0 aliphatic heterocycles. The minimum atomic E-state index is 0.113. The molecule has 1 rings (SSSR count). The highest BCUT2D eigenvalue weighted by Gasteiger charge is 2.00. The van der Waals surface area contributed by atoms with Gasteiger partial charge >= 0.3 is 0 Å². The van der Waals surface area contributed by atoms with Gasteiger partial charge in [-0.25, -0.2) is 4.99 Å². The van der Waals surface area contributed by atoms with Crippen LogP contribution in [0.2, 0.25) is 0 Å². The summed E-state index contributed by atoms with van der Waals surface area (Å²) in [6.07, 6.45) is 5.47. The number of ketones is 1. The van der Waals surface area contributed by atoms with Crippen LogP contribution in [0.1, 0.15) is 12.5 Å². The molecule has 0 heterocycles. The topological polar surface area (TPSA) is 31.0 Å². The maximum Gasteiger partial charge on any atom is 0.198 e. The van der Waals surface area contributed by atoms with Crippen LogP contribution < -0.4 is 4.99 Å². The highest BCUT2D eigenvalue weighted by atomic mass is 16.1. The van der Waals surface area contributed by atoms with Crippen LogP contribution in [-0.2, 0) is 4.79 Å². The summed E-state index contributed by atoms with van der Waals surface area (Å²) >= 11 is 0. The number of Topliss-reactive ketones (excluding diaryl/α,β-unsaturated/α-hetero) is 1. The summed E-state index contributed by atoms with van der Waals surface area (Å²) in [5, 5.41) is 0. The fourth-order valence-electron chi connectivity index (χ4n) is 1.29. The number of hydrogen-bond acceptors (Lipinski definition) is 1. The van der Waals surface area contributed by atoms with E-state index in [1.54, 1.807) is 13.0 Å². The predicted molar refractivity (Wildman–Crippen MR) is 67.2 cm³/mol. The molecule has 0 fully saturated rings. The quantitative estimate of drug-likeness (QED) is 0.575. The molecule has 2 nitrogen and oxygen atoms in total. The van der Waals surface area contributed by atoms with Gasteiger partial charge in [-0.15, -0.1) is 0 Å². The zero-order valence-corrected chi connectivity index (χ0v) is 9.44.